The molecular weight excluding hydrogens is 338 g/mol. The van der Waals surface area contributed by atoms with Crippen LogP contribution in [0.5, 0.6) is 0 Å². The minimum atomic E-state index is 0.149. The zero-order valence-corrected chi connectivity index (χ0v) is 14.3. The van der Waals surface area contributed by atoms with Crippen LogP contribution in [-0.4, -0.2) is 45.4 Å². The van der Waals surface area contributed by atoms with Crippen molar-refractivity contribution in [1.82, 2.24) is 19.9 Å². The molecule has 0 saturated carbocycles. The second kappa shape index (κ2) is 6.72. The fourth-order valence-electron chi connectivity index (χ4n) is 3.30. The quantitative estimate of drug-likeness (QED) is 0.704. The number of carbonyl (C=O) groups excluding carboxylic acids is 1. The predicted molar refractivity (Wildman–Crippen MR) is 98.6 cm³/mol. The van der Waals surface area contributed by atoms with Gasteiger partial charge in [-0.2, -0.15) is 0 Å². The number of carbonyl (C=O) groups is 1. The molecule has 7 heteroatoms. The van der Waals surface area contributed by atoms with Crippen molar-refractivity contribution in [2.24, 2.45) is 0 Å². The number of aromatic nitrogens is 3. The lowest BCUT2D eigenvalue weighted by atomic mass is 10.1. The van der Waals surface area contributed by atoms with Gasteiger partial charge in [0, 0.05) is 41.8 Å². The van der Waals surface area contributed by atoms with E-state index in [-0.39, 0.29) is 6.04 Å². The van der Waals surface area contributed by atoms with E-state index in [0.717, 1.165) is 42.3 Å². The molecule has 1 saturated heterocycles. The van der Waals surface area contributed by atoms with E-state index in [0.29, 0.717) is 23.2 Å². The van der Waals surface area contributed by atoms with Crippen molar-refractivity contribution >= 4 is 34.9 Å². The highest BCUT2D eigenvalue weighted by atomic mass is 35.5. The Kier molecular flexibility index (Phi) is 4.28. The Bertz CT molecular complexity index is 909. The Morgan fingerprint density at radius 3 is 3.12 bits per heavy atom. The minimum absolute atomic E-state index is 0.149. The number of anilines is 1. The zero-order chi connectivity index (χ0) is 17.2. The van der Waals surface area contributed by atoms with Gasteiger partial charge in [-0.15, -0.1) is 0 Å². The average molecular weight is 356 g/mol. The molecule has 1 aliphatic rings. The molecule has 3 heterocycles. The van der Waals surface area contributed by atoms with Crippen LogP contribution in [-0.2, 0) is 4.79 Å². The smallest absolute Gasteiger partial charge is 0.223 e. The van der Waals surface area contributed by atoms with E-state index in [1.807, 2.05) is 30.5 Å². The van der Waals surface area contributed by atoms with Crippen LogP contribution in [0.1, 0.15) is 12.8 Å². The summed E-state index contributed by atoms with van der Waals surface area (Å²) < 4.78 is 0. The molecule has 25 heavy (non-hydrogen) atoms. The van der Waals surface area contributed by atoms with Crippen LogP contribution in [0.2, 0.25) is 5.02 Å². The standard InChI is InChI=1S/C18H18ClN5O/c19-15-9-21-18(22-12-4-3-7-24(10-12)11-25)23-17(15)14-8-20-16-6-2-1-5-13(14)16/h1-2,5-6,8-9,11-12,20H,3-4,7,10H2,(H,21,22,23). The zero-order valence-electron chi connectivity index (χ0n) is 13.6. The van der Waals surface area contributed by atoms with E-state index >= 15 is 0 Å². The molecule has 4 rings (SSSR count). The second-order valence-corrected chi connectivity index (χ2v) is 6.63. The summed E-state index contributed by atoms with van der Waals surface area (Å²) in [5.41, 5.74) is 2.68. The third-order valence-corrected chi connectivity index (χ3v) is 4.80. The van der Waals surface area contributed by atoms with E-state index in [9.17, 15) is 4.79 Å². The lowest BCUT2D eigenvalue weighted by Crippen LogP contribution is -2.41. The summed E-state index contributed by atoms with van der Waals surface area (Å²) in [6.45, 7) is 1.47. The van der Waals surface area contributed by atoms with E-state index in [1.54, 1.807) is 11.1 Å². The Hall–Kier alpha value is -2.60. The number of piperidine rings is 1. The van der Waals surface area contributed by atoms with Crippen LogP contribution >= 0.6 is 11.6 Å². The van der Waals surface area contributed by atoms with Crippen LogP contribution in [0, 0.1) is 0 Å². The number of aromatic amines is 1. The summed E-state index contributed by atoms with van der Waals surface area (Å²) in [6.07, 6.45) is 6.39. The van der Waals surface area contributed by atoms with Crippen LogP contribution in [0.3, 0.4) is 0 Å². The highest BCUT2D eigenvalue weighted by Crippen LogP contribution is 2.32. The number of nitrogens with one attached hydrogen (secondary N) is 2. The molecule has 3 aromatic rings. The van der Waals surface area contributed by atoms with Crippen LogP contribution in [0.25, 0.3) is 22.2 Å². The number of hydrogen-bond acceptors (Lipinski definition) is 4. The summed E-state index contributed by atoms with van der Waals surface area (Å²) >= 11 is 6.36. The Morgan fingerprint density at radius 1 is 1.36 bits per heavy atom. The molecule has 2 aromatic heterocycles. The highest BCUT2D eigenvalue weighted by Gasteiger charge is 2.20. The van der Waals surface area contributed by atoms with Crippen molar-refractivity contribution in [1.29, 1.82) is 0 Å². The molecule has 0 spiro atoms. The number of likely N-dealkylation sites (tertiary alicyclic amines) is 1. The first-order valence-electron chi connectivity index (χ1n) is 8.29. The monoisotopic (exact) mass is 355 g/mol. The van der Waals surface area contributed by atoms with Crippen molar-refractivity contribution < 1.29 is 4.79 Å². The number of para-hydroxylation sites is 1. The molecule has 0 aliphatic carbocycles. The Labute approximate surface area is 150 Å². The van der Waals surface area contributed by atoms with Crippen molar-refractivity contribution in [3.05, 3.63) is 41.7 Å². The number of benzene rings is 1. The van der Waals surface area contributed by atoms with Gasteiger partial charge in [0.1, 0.15) is 0 Å². The Balaban J connectivity index is 1.64. The molecule has 128 valence electrons. The fraction of sp³-hybridized carbons (Fsp3) is 0.278. The molecule has 0 radical (unpaired) electrons. The number of halogens is 1. The molecule has 1 unspecified atom stereocenters. The molecule has 6 nitrogen and oxygen atoms in total. The van der Waals surface area contributed by atoms with Gasteiger partial charge in [0.15, 0.2) is 0 Å². The van der Waals surface area contributed by atoms with Crippen molar-refractivity contribution in [2.75, 3.05) is 18.4 Å². The normalized spacial score (nSPS) is 17.6. The first-order chi connectivity index (χ1) is 12.2. The molecule has 0 bridgehead atoms. The largest absolute Gasteiger partial charge is 0.360 e. The third kappa shape index (κ3) is 3.17. The second-order valence-electron chi connectivity index (χ2n) is 6.22. The number of fused-ring (bicyclic) bond motifs is 1. The number of amides is 1. The van der Waals surface area contributed by atoms with Crippen LogP contribution in [0.4, 0.5) is 5.95 Å². The van der Waals surface area contributed by atoms with Gasteiger partial charge < -0.3 is 15.2 Å². The first kappa shape index (κ1) is 15.9. The number of H-pyrrole nitrogens is 1. The van der Waals surface area contributed by atoms with Gasteiger partial charge in [-0.1, -0.05) is 29.8 Å². The van der Waals surface area contributed by atoms with Gasteiger partial charge in [-0.25, -0.2) is 9.97 Å². The predicted octanol–water partition coefficient (Wildman–Crippen LogP) is 3.31. The molecule has 1 amide bonds. The molecule has 1 aliphatic heterocycles. The number of hydrogen-bond donors (Lipinski definition) is 2. The lowest BCUT2D eigenvalue weighted by Gasteiger charge is -2.30. The van der Waals surface area contributed by atoms with Gasteiger partial charge in [-0.05, 0) is 18.9 Å². The maximum absolute atomic E-state index is 11.0. The maximum Gasteiger partial charge on any atom is 0.223 e. The summed E-state index contributed by atoms with van der Waals surface area (Å²) in [5, 5.41) is 4.91. The van der Waals surface area contributed by atoms with Gasteiger partial charge in [0.25, 0.3) is 0 Å². The van der Waals surface area contributed by atoms with Gasteiger partial charge >= 0.3 is 0 Å². The molecule has 1 atom stereocenters. The van der Waals surface area contributed by atoms with E-state index in [1.165, 1.54) is 0 Å². The first-order valence-corrected chi connectivity index (χ1v) is 8.67. The summed E-state index contributed by atoms with van der Waals surface area (Å²) in [7, 11) is 0. The van der Waals surface area contributed by atoms with Crippen molar-refractivity contribution in [3.63, 3.8) is 0 Å². The summed E-state index contributed by atoms with van der Waals surface area (Å²) in [4.78, 5) is 24.9. The van der Waals surface area contributed by atoms with Crippen molar-refractivity contribution in [2.45, 2.75) is 18.9 Å². The summed E-state index contributed by atoms with van der Waals surface area (Å²) in [5.74, 6) is 0.530. The molecule has 1 aromatic carbocycles. The summed E-state index contributed by atoms with van der Waals surface area (Å²) in [6, 6.07) is 8.18. The van der Waals surface area contributed by atoms with Gasteiger partial charge in [0.2, 0.25) is 12.4 Å². The molecule has 2 N–H and O–H groups in total. The SMILES string of the molecule is O=CN1CCCC(Nc2ncc(Cl)c(-c3c[nH]c4ccccc34)n2)C1. The molecule has 1 fully saturated rings. The minimum Gasteiger partial charge on any atom is -0.360 e. The van der Waals surface area contributed by atoms with Gasteiger partial charge in [-0.3, -0.25) is 4.79 Å². The van der Waals surface area contributed by atoms with E-state index in [4.69, 9.17) is 11.6 Å². The van der Waals surface area contributed by atoms with Crippen LogP contribution in [0.15, 0.2) is 36.7 Å². The third-order valence-electron chi connectivity index (χ3n) is 4.52. The van der Waals surface area contributed by atoms with Gasteiger partial charge in [0.05, 0.1) is 16.9 Å². The maximum atomic E-state index is 11.0. The fourth-order valence-corrected chi connectivity index (χ4v) is 3.49. The number of nitrogens with zero attached hydrogens (tertiary/aromatic N) is 3. The lowest BCUT2D eigenvalue weighted by molar-refractivity contribution is -0.119. The topological polar surface area (TPSA) is 73.9 Å². The Morgan fingerprint density at radius 2 is 2.24 bits per heavy atom. The highest BCUT2D eigenvalue weighted by molar-refractivity contribution is 6.33. The molecular formula is C18H18ClN5O. The number of rotatable bonds is 4. The van der Waals surface area contributed by atoms with E-state index in [2.05, 4.69) is 20.3 Å². The van der Waals surface area contributed by atoms with Crippen LogP contribution < -0.4 is 5.32 Å². The van der Waals surface area contributed by atoms with Crippen molar-refractivity contribution in [3.8, 4) is 11.3 Å². The average Bonchev–Trinajstić information content (AvgIpc) is 3.07. The van der Waals surface area contributed by atoms with E-state index < -0.39 is 0 Å².